The molecule has 0 bridgehead atoms. The quantitative estimate of drug-likeness (QED) is 0.648. The molecule has 9 heteroatoms. The molecule has 0 amide bonds. The zero-order valence-electron chi connectivity index (χ0n) is 10.5. The van der Waals surface area contributed by atoms with E-state index in [1.165, 1.54) is 20.0 Å². The molecule has 2 N–H and O–H groups in total. The fourth-order valence-electron chi connectivity index (χ4n) is 1.46. The molecule has 0 saturated carbocycles. The summed E-state index contributed by atoms with van der Waals surface area (Å²) in [5.74, 6) is 0. The zero-order valence-corrected chi connectivity index (χ0v) is 12.0. The van der Waals surface area contributed by atoms with Gasteiger partial charge in [-0.25, -0.2) is 8.42 Å². The van der Waals surface area contributed by atoms with Crippen molar-refractivity contribution in [2.24, 2.45) is 5.73 Å². The van der Waals surface area contributed by atoms with Gasteiger partial charge in [0.1, 0.15) is 0 Å². The largest absolute Gasteiger partial charge is 0.329 e. The Morgan fingerprint density at radius 3 is 2.53 bits per heavy atom. The standard InChI is InChI=1S/C10H14ClN3O4S/c1-7-9(11)5-8(6-10(7)14(15)16)19(17,18)13(2)4-3-12/h5-6H,3-4,12H2,1-2H3. The molecule has 1 aromatic carbocycles. The number of nitro benzene ring substituents is 1. The number of benzene rings is 1. The summed E-state index contributed by atoms with van der Waals surface area (Å²) in [4.78, 5) is 9.99. The molecule has 1 aromatic rings. The fraction of sp³-hybridized carbons (Fsp3) is 0.400. The van der Waals surface area contributed by atoms with Crippen LogP contribution in [0.4, 0.5) is 5.69 Å². The van der Waals surface area contributed by atoms with Crippen LogP contribution in [0.5, 0.6) is 0 Å². The molecule has 0 aromatic heterocycles. The monoisotopic (exact) mass is 307 g/mol. The van der Waals surface area contributed by atoms with E-state index >= 15 is 0 Å². The number of halogens is 1. The number of hydrogen-bond donors (Lipinski definition) is 1. The van der Waals surface area contributed by atoms with Crippen LogP contribution in [0.2, 0.25) is 5.02 Å². The number of nitrogens with zero attached hydrogens (tertiary/aromatic N) is 2. The normalized spacial score (nSPS) is 11.8. The third-order valence-electron chi connectivity index (χ3n) is 2.64. The summed E-state index contributed by atoms with van der Waals surface area (Å²) in [6.07, 6.45) is 0. The van der Waals surface area contributed by atoms with E-state index in [4.69, 9.17) is 17.3 Å². The van der Waals surface area contributed by atoms with Crippen molar-refractivity contribution in [1.82, 2.24) is 4.31 Å². The SMILES string of the molecule is Cc1c(Cl)cc(S(=O)(=O)N(C)CCN)cc1[N+](=O)[O-]. The maximum absolute atomic E-state index is 12.1. The van der Waals surface area contributed by atoms with Crippen LogP contribution >= 0.6 is 11.6 Å². The van der Waals surface area contributed by atoms with Crippen molar-refractivity contribution in [3.63, 3.8) is 0 Å². The van der Waals surface area contributed by atoms with E-state index in [0.29, 0.717) is 0 Å². The topological polar surface area (TPSA) is 107 Å². The Morgan fingerprint density at radius 2 is 2.05 bits per heavy atom. The lowest BCUT2D eigenvalue weighted by Gasteiger charge is -2.16. The average Bonchev–Trinajstić information content (AvgIpc) is 2.32. The molecule has 0 atom stereocenters. The van der Waals surface area contributed by atoms with Gasteiger partial charge in [-0.05, 0) is 13.0 Å². The van der Waals surface area contributed by atoms with Gasteiger partial charge < -0.3 is 5.73 Å². The van der Waals surface area contributed by atoms with Crippen LogP contribution in [0.15, 0.2) is 17.0 Å². The Morgan fingerprint density at radius 1 is 1.47 bits per heavy atom. The summed E-state index contributed by atoms with van der Waals surface area (Å²) in [5.41, 5.74) is 5.20. The van der Waals surface area contributed by atoms with Crippen LogP contribution in [0.25, 0.3) is 0 Å². The molecule has 1 rings (SSSR count). The summed E-state index contributed by atoms with van der Waals surface area (Å²) < 4.78 is 25.3. The second-order valence-corrected chi connectivity index (χ2v) is 6.37. The molecule has 0 heterocycles. The minimum atomic E-state index is -3.83. The first-order valence-electron chi connectivity index (χ1n) is 5.32. The maximum atomic E-state index is 12.1. The highest BCUT2D eigenvalue weighted by Gasteiger charge is 2.25. The molecule has 19 heavy (non-hydrogen) atoms. The van der Waals surface area contributed by atoms with Gasteiger partial charge in [0, 0.05) is 31.8 Å². The number of likely N-dealkylation sites (N-methyl/N-ethyl adjacent to an activating group) is 1. The molecule has 0 aliphatic heterocycles. The summed E-state index contributed by atoms with van der Waals surface area (Å²) in [5, 5.41) is 10.9. The summed E-state index contributed by atoms with van der Waals surface area (Å²) in [6.45, 7) is 1.72. The molecular weight excluding hydrogens is 294 g/mol. The minimum absolute atomic E-state index is 0.0360. The minimum Gasteiger partial charge on any atom is -0.329 e. The average molecular weight is 308 g/mol. The van der Waals surface area contributed by atoms with Crippen LogP contribution in [0.3, 0.4) is 0 Å². The summed E-state index contributed by atoms with van der Waals surface area (Å²) in [7, 11) is -2.48. The first-order chi connectivity index (χ1) is 8.71. The lowest BCUT2D eigenvalue weighted by Crippen LogP contribution is -2.31. The molecule has 106 valence electrons. The Bertz CT molecular complexity index is 603. The zero-order chi connectivity index (χ0) is 14.8. The van der Waals surface area contributed by atoms with Crippen LogP contribution in [-0.2, 0) is 10.0 Å². The predicted octanol–water partition coefficient (Wildman–Crippen LogP) is 1.14. The molecule has 0 aliphatic rings. The van der Waals surface area contributed by atoms with E-state index in [2.05, 4.69) is 0 Å². The summed E-state index contributed by atoms with van der Waals surface area (Å²) >= 11 is 5.84. The van der Waals surface area contributed by atoms with E-state index < -0.39 is 14.9 Å². The van der Waals surface area contributed by atoms with Crippen molar-refractivity contribution in [2.75, 3.05) is 20.1 Å². The van der Waals surface area contributed by atoms with Crippen molar-refractivity contribution in [2.45, 2.75) is 11.8 Å². The smallest absolute Gasteiger partial charge is 0.275 e. The number of nitrogens with two attached hydrogens (primary N) is 1. The van der Waals surface area contributed by atoms with Crippen LogP contribution in [0, 0.1) is 17.0 Å². The Kier molecular flexibility index (Phi) is 4.86. The van der Waals surface area contributed by atoms with Crippen LogP contribution < -0.4 is 5.73 Å². The highest BCUT2D eigenvalue weighted by molar-refractivity contribution is 7.89. The van der Waals surface area contributed by atoms with Gasteiger partial charge in [0.15, 0.2) is 0 Å². The Balaban J connectivity index is 3.40. The van der Waals surface area contributed by atoms with Gasteiger partial charge in [-0.1, -0.05) is 11.6 Å². The summed E-state index contributed by atoms with van der Waals surface area (Å²) in [6, 6.07) is 2.20. The molecule has 0 unspecified atom stereocenters. The molecule has 0 spiro atoms. The van der Waals surface area contributed by atoms with E-state index in [-0.39, 0.29) is 34.3 Å². The highest BCUT2D eigenvalue weighted by atomic mass is 35.5. The Hall–Kier alpha value is -1.22. The van der Waals surface area contributed by atoms with E-state index in [0.717, 1.165) is 10.4 Å². The lowest BCUT2D eigenvalue weighted by atomic mass is 10.2. The first kappa shape index (κ1) is 15.8. The fourth-order valence-corrected chi connectivity index (χ4v) is 2.97. The Labute approximate surface area is 116 Å². The maximum Gasteiger partial charge on any atom is 0.275 e. The second kappa shape index (κ2) is 5.83. The van der Waals surface area contributed by atoms with Gasteiger partial charge in [0.05, 0.1) is 14.8 Å². The number of rotatable bonds is 5. The number of nitro groups is 1. The van der Waals surface area contributed by atoms with Gasteiger partial charge >= 0.3 is 0 Å². The van der Waals surface area contributed by atoms with Crippen molar-refractivity contribution in [3.05, 3.63) is 32.8 Å². The molecule has 7 nitrogen and oxygen atoms in total. The molecule has 0 saturated heterocycles. The van der Waals surface area contributed by atoms with Gasteiger partial charge in [-0.3, -0.25) is 10.1 Å². The molecule has 0 fully saturated rings. The van der Waals surface area contributed by atoms with E-state index in [1.807, 2.05) is 0 Å². The van der Waals surface area contributed by atoms with E-state index in [9.17, 15) is 18.5 Å². The van der Waals surface area contributed by atoms with Gasteiger partial charge in [-0.2, -0.15) is 4.31 Å². The van der Waals surface area contributed by atoms with Crippen molar-refractivity contribution in [3.8, 4) is 0 Å². The molecular formula is C10H14ClN3O4S. The van der Waals surface area contributed by atoms with Crippen molar-refractivity contribution in [1.29, 1.82) is 0 Å². The number of sulfonamides is 1. The third kappa shape index (κ3) is 3.21. The first-order valence-corrected chi connectivity index (χ1v) is 7.14. The van der Waals surface area contributed by atoms with E-state index in [1.54, 1.807) is 0 Å². The van der Waals surface area contributed by atoms with Crippen LogP contribution in [0.1, 0.15) is 5.56 Å². The number of hydrogen-bond acceptors (Lipinski definition) is 5. The van der Waals surface area contributed by atoms with Gasteiger partial charge in [0.25, 0.3) is 5.69 Å². The van der Waals surface area contributed by atoms with Crippen molar-refractivity contribution >= 4 is 27.3 Å². The van der Waals surface area contributed by atoms with Gasteiger partial charge in [-0.15, -0.1) is 0 Å². The molecule has 0 radical (unpaired) electrons. The van der Waals surface area contributed by atoms with Gasteiger partial charge in [0.2, 0.25) is 10.0 Å². The predicted molar refractivity (Wildman–Crippen MR) is 71.7 cm³/mol. The second-order valence-electron chi connectivity index (χ2n) is 3.92. The third-order valence-corrected chi connectivity index (χ3v) is 4.87. The highest BCUT2D eigenvalue weighted by Crippen LogP contribution is 2.30. The lowest BCUT2D eigenvalue weighted by molar-refractivity contribution is -0.385. The molecule has 0 aliphatic carbocycles. The van der Waals surface area contributed by atoms with Crippen LogP contribution in [-0.4, -0.2) is 37.8 Å². The van der Waals surface area contributed by atoms with Crippen molar-refractivity contribution < 1.29 is 13.3 Å².